The normalized spacial score (nSPS) is 28.5. The van der Waals surface area contributed by atoms with E-state index in [2.05, 4.69) is 12.2 Å². The molecule has 3 atom stereocenters. The zero-order valence-electron chi connectivity index (χ0n) is 9.66. The highest BCUT2D eigenvalue weighted by Crippen LogP contribution is 2.28. The lowest BCUT2D eigenvalue weighted by atomic mass is 9.94. The molecule has 88 valence electrons. The molecule has 1 aliphatic carbocycles. The Bertz CT molecular complexity index is 207. The van der Waals surface area contributed by atoms with Gasteiger partial charge in [0.1, 0.15) is 0 Å². The standard InChI is InChI=1S/C11H22N2OS/c1-3-15-10-7-5-4-6-9(10)13-11(14)8(2)12/h8-10H,3-7,12H2,1-2H3,(H,13,14)/t8-,9?,10?/m1/s1. The number of rotatable bonds is 4. The van der Waals surface area contributed by atoms with Gasteiger partial charge in [0.05, 0.1) is 6.04 Å². The third-order valence-electron chi connectivity index (χ3n) is 2.82. The van der Waals surface area contributed by atoms with Gasteiger partial charge in [-0.2, -0.15) is 11.8 Å². The first-order valence-corrected chi connectivity index (χ1v) is 6.87. The summed E-state index contributed by atoms with van der Waals surface area (Å²) >= 11 is 1.96. The molecule has 3 N–H and O–H groups in total. The van der Waals surface area contributed by atoms with Crippen LogP contribution >= 0.6 is 11.8 Å². The molecule has 0 aromatic heterocycles. The van der Waals surface area contributed by atoms with Crippen LogP contribution in [0.4, 0.5) is 0 Å². The Morgan fingerprint density at radius 1 is 1.53 bits per heavy atom. The minimum Gasteiger partial charge on any atom is -0.351 e. The summed E-state index contributed by atoms with van der Waals surface area (Å²) in [5, 5.41) is 3.66. The van der Waals surface area contributed by atoms with Crippen molar-refractivity contribution in [3.63, 3.8) is 0 Å². The van der Waals surface area contributed by atoms with Crippen LogP contribution in [0.25, 0.3) is 0 Å². The molecule has 0 spiro atoms. The van der Waals surface area contributed by atoms with E-state index in [1.807, 2.05) is 11.8 Å². The molecular weight excluding hydrogens is 208 g/mol. The SMILES string of the molecule is CCSC1CCCCC1NC(=O)[C@@H](C)N. The topological polar surface area (TPSA) is 55.1 Å². The lowest BCUT2D eigenvalue weighted by Crippen LogP contribution is -2.49. The third kappa shape index (κ3) is 4.03. The van der Waals surface area contributed by atoms with Crippen LogP contribution < -0.4 is 11.1 Å². The minimum absolute atomic E-state index is 0.0106. The van der Waals surface area contributed by atoms with Gasteiger partial charge in [0, 0.05) is 11.3 Å². The minimum atomic E-state index is -0.390. The summed E-state index contributed by atoms with van der Waals surface area (Å²) in [4.78, 5) is 11.5. The molecule has 1 amide bonds. The average molecular weight is 230 g/mol. The summed E-state index contributed by atoms with van der Waals surface area (Å²) in [7, 11) is 0. The highest BCUT2D eigenvalue weighted by Gasteiger charge is 2.26. The van der Waals surface area contributed by atoms with Gasteiger partial charge in [0.15, 0.2) is 0 Å². The molecule has 1 rings (SSSR count). The molecule has 0 heterocycles. The summed E-state index contributed by atoms with van der Waals surface area (Å²) in [6.07, 6.45) is 4.85. The summed E-state index contributed by atoms with van der Waals surface area (Å²) in [5.74, 6) is 1.11. The first-order chi connectivity index (χ1) is 7.15. The molecule has 0 radical (unpaired) electrons. The number of hydrogen-bond donors (Lipinski definition) is 2. The van der Waals surface area contributed by atoms with Crippen molar-refractivity contribution in [1.29, 1.82) is 0 Å². The smallest absolute Gasteiger partial charge is 0.236 e. The van der Waals surface area contributed by atoms with Crippen molar-refractivity contribution in [1.82, 2.24) is 5.32 Å². The predicted octanol–water partition coefficient (Wildman–Crippen LogP) is 1.51. The van der Waals surface area contributed by atoms with E-state index in [1.165, 1.54) is 19.3 Å². The number of thioether (sulfide) groups is 1. The second-order valence-electron chi connectivity index (χ2n) is 4.18. The molecule has 0 aliphatic heterocycles. The maximum atomic E-state index is 11.5. The zero-order chi connectivity index (χ0) is 11.3. The molecule has 15 heavy (non-hydrogen) atoms. The van der Waals surface area contributed by atoms with Crippen LogP contribution in [0.2, 0.25) is 0 Å². The first-order valence-electron chi connectivity index (χ1n) is 5.82. The van der Waals surface area contributed by atoms with E-state index in [1.54, 1.807) is 6.92 Å². The Kier molecular flexibility index (Phi) is 5.47. The van der Waals surface area contributed by atoms with Gasteiger partial charge in [-0.25, -0.2) is 0 Å². The van der Waals surface area contributed by atoms with Crippen LogP contribution in [0.3, 0.4) is 0 Å². The monoisotopic (exact) mass is 230 g/mol. The molecule has 0 saturated heterocycles. The Balaban J connectivity index is 2.45. The molecule has 1 fully saturated rings. The maximum Gasteiger partial charge on any atom is 0.236 e. The van der Waals surface area contributed by atoms with E-state index in [4.69, 9.17) is 5.73 Å². The van der Waals surface area contributed by atoms with Crippen LogP contribution in [0.1, 0.15) is 39.5 Å². The van der Waals surface area contributed by atoms with Crippen LogP contribution in [0, 0.1) is 0 Å². The fourth-order valence-corrected chi connectivity index (χ4v) is 3.19. The average Bonchev–Trinajstić information content (AvgIpc) is 2.21. The third-order valence-corrected chi connectivity index (χ3v) is 4.15. The van der Waals surface area contributed by atoms with Gasteiger partial charge in [-0.3, -0.25) is 4.79 Å². The first kappa shape index (κ1) is 12.8. The molecule has 2 unspecified atom stereocenters. The largest absolute Gasteiger partial charge is 0.351 e. The van der Waals surface area contributed by atoms with Gasteiger partial charge in [0.2, 0.25) is 5.91 Å². The van der Waals surface area contributed by atoms with E-state index in [0.29, 0.717) is 11.3 Å². The van der Waals surface area contributed by atoms with Crippen molar-refractivity contribution >= 4 is 17.7 Å². The van der Waals surface area contributed by atoms with Crippen molar-refractivity contribution in [2.45, 2.75) is 56.9 Å². The molecule has 1 aliphatic rings. The van der Waals surface area contributed by atoms with E-state index >= 15 is 0 Å². The lowest BCUT2D eigenvalue weighted by Gasteiger charge is -2.32. The molecule has 0 aromatic carbocycles. The second kappa shape index (κ2) is 6.38. The van der Waals surface area contributed by atoms with Gasteiger partial charge in [0.25, 0.3) is 0 Å². The van der Waals surface area contributed by atoms with E-state index < -0.39 is 0 Å². The molecule has 4 heteroatoms. The fourth-order valence-electron chi connectivity index (χ4n) is 1.99. The number of carbonyl (C=O) groups is 1. The Morgan fingerprint density at radius 3 is 2.80 bits per heavy atom. The van der Waals surface area contributed by atoms with Gasteiger partial charge in [-0.15, -0.1) is 0 Å². The zero-order valence-corrected chi connectivity index (χ0v) is 10.5. The van der Waals surface area contributed by atoms with E-state index in [0.717, 1.165) is 12.2 Å². The maximum absolute atomic E-state index is 11.5. The summed E-state index contributed by atoms with van der Waals surface area (Å²) in [5.41, 5.74) is 5.55. The second-order valence-corrected chi connectivity index (χ2v) is 5.70. The lowest BCUT2D eigenvalue weighted by molar-refractivity contribution is -0.122. The van der Waals surface area contributed by atoms with Crippen LogP contribution in [0.5, 0.6) is 0 Å². The molecule has 0 bridgehead atoms. The van der Waals surface area contributed by atoms with Crippen molar-refractivity contribution in [2.24, 2.45) is 5.73 Å². The Morgan fingerprint density at radius 2 is 2.20 bits per heavy atom. The Labute approximate surface area is 96.6 Å². The summed E-state index contributed by atoms with van der Waals surface area (Å²) < 4.78 is 0. The number of hydrogen-bond acceptors (Lipinski definition) is 3. The van der Waals surface area contributed by atoms with Crippen LogP contribution in [-0.2, 0) is 4.79 Å². The molecule has 0 aromatic rings. The van der Waals surface area contributed by atoms with Crippen molar-refractivity contribution in [3.8, 4) is 0 Å². The number of carbonyl (C=O) groups excluding carboxylic acids is 1. The van der Waals surface area contributed by atoms with E-state index in [-0.39, 0.29) is 11.9 Å². The van der Waals surface area contributed by atoms with Crippen molar-refractivity contribution < 1.29 is 4.79 Å². The van der Waals surface area contributed by atoms with Crippen molar-refractivity contribution in [3.05, 3.63) is 0 Å². The Hall–Kier alpha value is -0.220. The highest BCUT2D eigenvalue weighted by atomic mass is 32.2. The van der Waals surface area contributed by atoms with E-state index in [9.17, 15) is 4.79 Å². The number of nitrogens with one attached hydrogen (secondary N) is 1. The highest BCUT2D eigenvalue weighted by molar-refractivity contribution is 7.99. The van der Waals surface area contributed by atoms with Gasteiger partial charge >= 0.3 is 0 Å². The van der Waals surface area contributed by atoms with Gasteiger partial charge < -0.3 is 11.1 Å². The van der Waals surface area contributed by atoms with Crippen LogP contribution in [0.15, 0.2) is 0 Å². The van der Waals surface area contributed by atoms with Crippen LogP contribution in [-0.4, -0.2) is 29.0 Å². The summed E-state index contributed by atoms with van der Waals surface area (Å²) in [6.45, 7) is 3.91. The number of amides is 1. The quantitative estimate of drug-likeness (QED) is 0.770. The molecule has 1 saturated carbocycles. The summed E-state index contributed by atoms with van der Waals surface area (Å²) in [6, 6.07) is -0.0543. The number of nitrogens with two attached hydrogens (primary N) is 1. The van der Waals surface area contributed by atoms with Crippen molar-refractivity contribution in [2.75, 3.05) is 5.75 Å². The van der Waals surface area contributed by atoms with Gasteiger partial charge in [-0.05, 0) is 25.5 Å². The molecular formula is C11H22N2OS. The van der Waals surface area contributed by atoms with Gasteiger partial charge in [-0.1, -0.05) is 19.8 Å². The predicted molar refractivity (Wildman–Crippen MR) is 66.0 cm³/mol. The fraction of sp³-hybridized carbons (Fsp3) is 0.909. The molecule has 3 nitrogen and oxygen atoms in total.